The molecule has 1 aromatic carbocycles. The van der Waals surface area contributed by atoms with Gasteiger partial charge in [0.15, 0.2) is 0 Å². The minimum atomic E-state index is 1.05. The molecule has 0 bridgehead atoms. The molecule has 3 heteroatoms. The molecule has 0 amide bonds. The molecular weight excluding hydrogens is 254 g/mol. The second kappa shape index (κ2) is 3.85. The Morgan fingerprint density at radius 1 is 1.00 bits per heavy atom. The summed E-state index contributed by atoms with van der Waals surface area (Å²) in [6, 6.07) is 14.5. The van der Waals surface area contributed by atoms with E-state index in [4.69, 9.17) is 0 Å². The summed E-state index contributed by atoms with van der Waals surface area (Å²) in [7, 11) is 0. The van der Waals surface area contributed by atoms with Gasteiger partial charge in [-0.15, -0.1) is 0 Å². The van der Waals surface area contributed by atoms with Gasteiger partial charge in [0.25, 0.3) is 0 Å². The first kappa shape index (κ1) is 9.75. The van der Waals surface area contributed by atoms with Crippen molar-refractivity contribution in [2.45, 2.75) is 0 Å². The molecule has 0 N–H and O–H groups in total. The van der Waals surface area contributed by atoms with Gasteiger partial charge in [0.2, 0.25) is 0 Å². The van der Waals surface area contributed by atoms with Gasteiger partial charge >= 0.3 is 104 Å². The predicted molar refractivity (Wildman–Crippen MR) is 67.7 cm³/mol. The second-order valence-electron chi connectivity index (χ2n) is 3.75. The molecule has 0 unspecified atom stereocenters. The first-order valence-corrected chi connectivity index (χ1v) is 6.51. The van der Waals surface area contributed by atoms with Crippen molar-refractivity contribution in [3.63, 3.8) is 0 Å². The Morgan fingerprint density at radius 3 is 2.62 bits per heavy atom. The normalized spacial score (nSPS) is 10.8. The van der Waals surface area contributed by atoms with Crippen LogP contribution in [0.4, 0.5) is 0 Å². The summed E-state index contributed by atoms with van der Waals surface area (Å²) in [5.41, 5.74) is 2.28. The van der Waals surface area contributed by atoms with Gasteiger partial charge in [-0.3, -0.25) is 0 Å². The van der Waals surface area contributed by atoms with Crippen molar-refractivity contribution in [3.05, 3.63) is 54.9 Å². The summed E-state index contributed by atoms with van der Waals surface area (Å²) >= 11 is 1.08. The molecule has 0 saturated heterocycles. The van der Waals surface area contributed by atoms with Crippen LogP contribution in [0.5, 0.6) is 0 Å². The Kier molecular flexibility index (Phi) is 2.34. The molecule has 0 aliphatic rings. The molecule has 2 heterocycles. The van der Waals surface area contributed by atoms with Crippen LogP contribution in [0.2, 0.25) is 0 Å². The summed E-state index contributed by atoms with van der Waals surface area (Å²) in [5.74, 6) is 0. The summed E-state index contributed by atoms with van der Waals surface area (Å²) in [6.07, 6.45) is 4.04. The van der Waals surface area contributed by atoms with Gasteiger partial charge in [0.05, 0.1) is 0 Å². The Morgan fingerprint density at radius 2 is 1.81 bits per heavy atom. The van der Waals surface area contributed by atoms with E-state index < -0.39 is 0 Å². The fraction of sp³-hybridized carbons (Fsp3) is 0. The average molecular weight is 264 g/mol. The third kappa shape index (κ3) is 1.49. The van der Waals surface area contributed by atoms with Crippen molar-refractivity contribution in [1.29, 1.82) is 0 Å². The number of fused-ring (bicyclic) bond motifs is 1. The van der Waals surface area contributed by atoms with Crippen molar-refractivity contribution < 1.29 is 0 Å². The van der Waals surface area contributed by atoms with E-state index in [1.54, 1.807) is 0 Å². The number of rotatable bonds is 1. The molecule has 0 saturated carbocycles. The summed E-state index contributed by atoms with van der Waals surface area (Å²) in [5, 5.41) is 2.57. The summed E-state index contributed by atoms with van der Waals surface area (Å²) in [6.45, 7) is 0. The number of benzene rings is 1. The SMILES string of the molecule is [GaH][n]1cc2ccccc2c1-c1ccccn1. The van der Waals surface area contributed by atoms with E-state index in [1.165, 1.54) is 16.5 Å². The van der Waals surface area contributed by atoms with E-state index in [-0.39, 0.29) is 0 Å². The van der Waals surface area contributed by atoms with Gasteiger partial charge in [0, 0.05) is 0 Å². The molecule has 0 spiro atoms. The van der Waals surface area contributed by atoms with E-state index in [1.807, 2.05) is 18.3 Å². The zero-order chi connectivity index (χ0) is 11.0. The van der Waals surface area contributed by atoms with Gasteiger partial charge < -0.3 is 0 Å². The van der Waals surface area contributed by atoms with Crippen LogP contribution in [0.3, 0.4) is 0 Å². The van der Waals surface area contributed by atoms with Crippen molar-refractivity contribution >= 4 is 29.6 Å². The molecule has 1 radical (unpaired) electrons. The molecule has 3 aromatic rings. The summed E-state index contributed by atoms with van der Waals surface area (Å²) < 4.78 is 2.26. The van der Waals surface area contributed by atoms with Crippen molar-refractivity contribution in [3.8, 4) is 11.4 Å². The Labute approximate surface area is 104 Å². The average Bonchev–Trinajstić information content (AvgIpc) is 2.66. The molecule has 3 rings (SSSR count). The first-order chi connectivity index (χ1) is 7.86. The number of hydrogen-bond acceptors (Lipinski definition) is 1. The van der Waals surface area contributed by atoms with Crippen LogP contribution in [0.15, 0.2) is 54.9 Å². The van der Waals surface area contributed by atoms with Gasteiger partial charge in [-0.1, -0.05) is 0 Å². The van der Waals surface area contributed by atoms with Gasteiger partial charge in [-0.05, 0) is 0 Å². The Hall–Kier alpha value is -1.45. The molecule has 0 atom stereocenters. The molecule has 16 heavy (non-hydrogen) atoms. The maximum absolute atomic E-state index is 4.43. The summed E-state index contributed by atoms with van der Waals surface area (Å²) in [4.78, 5) is 4.43. The van der Waals surface area contributed by atoms with Crippen LogP contribution in [-0.4, -0.2) is 27.1 Å². The topological polar surface area (TPSA) is 17.8 Å². The number of hydrogen-bond donors (Lipinski definition) is 0. The zero-order valence-electron chi connectivity index (χ0n) is 8.80. The van der Waals surface area contributed by atoms with Crippen LogP contribution in [0, 0.1) is 0 Å². The molecule has 75 valence electrons. The number of pyridine rings is 1. The van der Waals surface area contributed by atoms with Crippen LogP contribution in [0.1, 0.15) is 0 Å². The van der Waals surface area contributed by atoms with E-state index in [0.717, 1.165) is 24.5 Å². The van der Waals surface area contributed by atoms with Gasteiger partial charge in [-0.25, -0.2) is 0 Å². The van der Waals surface area contributed by atoms with Gasteiger partial charge in [-0.2, -0.15) is 0 Å². The predicted octanol–water partition coefficient (Wildman–Crippen LogP) is 2.37. The van der Waals surface area contributed by atoms with E-state index in [2.05, 4.69) is 44.8 Å². The van der Waals surface area contributed by atoms with Crippen molar-refractivity contribution in [1.82, 2.24) is 8.26 Å². The van der Waals surface area contributed by atoms with E-state index in [9.17, 15) is 0 Å². The van der Waals surface area contributed by atoms with Crippen LogP contribution < -0.4 is 0 Å². The number of nitrogens with zero attached hydrogens (tertiary/aromatic N) is 2. The Balaban J connectivity index is 2.35. The standard InChI is InChI=1S/C13H9N2.Ga.H/c1-2-6-11-10(5-1)9-15-13(11)12-7-3-4-8-14-12;;/h1-9H;;/q-1;+1;. The quantitative estimate of drug-likeness (QED) is 0.617. The fourth-order valence-corrected chi connectivity index (χ4v) is 3.11. The fourth-order valence-electron chi connectivity index (χ4n) is 2.00. The van der Waals surface area contributed by atoms with Crippen LogP contribution in [0.25, 0.3) is 22.2 Å². The second-order valence-corrected chi connectivity index (χ2v) is 5.18. The van der Waals surface area contributed by atoms with Crippen LogP contribution >= 0.6 is 0 Å². The third-order valence-corrected chi connectivity index (χ3v) is 3.75. The van der Waals surface area contributed by atoms with Crippen molar-refractivity contribution in [2.24, 2.45) is 0 Å². The van der Waals surface area contributed by atoms with Crippen molar-refractivity contribution in [2.75, 3.05) is 0 Å². The minimum absolute atomic E-state index is 1.05. The Bertz CT molecular complexity index is 629. The maximum atomic E-state index is 4.43. The molecular formula is C13H10GaN2. The molecule has 2 nitrogen and oxygen atoms in total. The van der Waals surface area contributed by atoms with Gasteiger partial charge in [0.1, 0.15) is 0 Å². The molecule has 0 aliphatic carbocycles. The van der Waals surface area contributed by atoms with E-state index in [0.29, 0.717) is 0 Å². The van der Waals surface area contributed by atoms with E-state index >= 15 is 0 Å². The number of aromatic nitrogens is 2. The first-order valence-electron chi connectivity index (χ1n) is 5.18. The van der Waals surface area contributed by atoms with Crippen LogP contribution in [-0.2, 0) is 0 Å². The molecule has 2 aromatic heterocycles. The monoisotopic (exact) mass is 263 g/mol. The molecule has 0 fully saturated rings. The third-order valence-electron chi connectivity index (χ3n) is 2.71. The molecule has 0 aliphatic heterocycles. The zero-order valence-corrected chi connectivity index (χ0v) is 11.8.